The lowest BCUT2D eigenvalue weighted by atomic mass is 9.93. The van der Waals surface area contributed by atoms with Crippen LogP contribution in [0.4, 0.5) is 0 Å². The number of imidazole rings is 1. The second-order valence-electron chi connectivity index (χ2n) is 11.6. The maximum absolute atomic E-state index is 11.6. The molecule has 2 aliphatic heterocycles. The van der Waals surface area contributed by atoms with Gasteiger partial charge in [0.05, 0.1) is 18.0 Å². The Morgan fingerprint density at radius 3 is 2.51 bits per heavy atom. The van der Waals surface area contributed by atoms with Crippen molar-refractivity contribution in [2.45, 2.75) is 25.8 Å². The molecule has 45 heavy (non-hydrogen) atoms. The summed E-state index contributed by atoms with van der Waals surface area (Å²) in [6.07, 6.45) is 1.44. The summed E-state index contributed by atoms with van der Waals surface area (Å²) in [6.45, 7) is 6.59. The number of amides is 1. The van der Waals surface area contributed by atoms with Crippen molar-refractivity contribution in [2.24, 2.45) is 0 Å². The molecule has 8 nitrogen and oxygen atoms in total. The first kappa shape index (κ1) is 30.1. The van der Waals surface area contributed by atoms with Gasteiger partial charge >= 0.3 is 0 Å². The monoisotopic (exact) mass is 705 g/mol. The van der Waals surface area contributed by atoms with E-state index in [1.54, 1.807) is 23.6 Å². The highest BCUT2D eigenvalue weighted by atomic mass is 79.9. The Hall–Kier alpha value is -3.57. The number of ether oxygens (including phenoxy) is 1. The Bertz CT molecular complexity index is 1940. The smallest absolute Gasteiger partial charge is 0.219 e. The molecule has 1 amide bonds. The molecule has 1 fully saturated rings. The average Bonchev–Trinajstić information content (AvgIpc) is 3.52. The van der Waals surface area contributed by atoms with Gasteiger partial charge in [0.25, 0.3) is 0 Å². The zero-order valence-corrected chi connectivity index (χ0v) is 28.0. The molecule has 0 spiro atoms. The minimum Gasteiger partial charge on any atom is -0.494 e. The maximum Gasteiger partial charge on any atom is 0.219 e. The number of H-pyrrole nitrogens is 1. The molecule has 0 saturated carbocycles. The minimum atomic E-state index is -0.274. The van der Waals surface area contributed by atoms with Crippen LogP contribution in [0.3, 0.4) is 0 Å². The first-order valence-corrected chi connectivity index (χ1v) is 16.7. The molecule has 2 N–H and O–H groups in total. The van der Waals surface area contributed by atoms with Gasteiger partial charge < -0.3 is 24.3 Å². The van der Waals surface area contributed by atoms with E-state index in [4.69, 9.17) is 28.6 Å². The molecule has 5 aromatic rings. The quantitative estimate of drug-likeness (QED) is 0.137. The Morgan fingerprint density at radius 2 is 1.80 bits per heavy atom. The molecule has 1 saturated heterocycles. The number of rotatable bonds is 7. The Morgan fingerprint density at radius 1 is 1.07 bits per heavy atom. The van der Waals surface area contributed by atoms with Crippen molar-refractivity contribution in [3.05, 3.63) is 104 Å². The number of carbonyl (C=O) groups excluding carboxylic acids is 1. The van der Waals surface area contributed by atoms with E-state index in [2.05, 4.69) is 54.6 Å². The van der Waals surface area contributed by atoms with Gasteiger partial charge in [-0.1, -0.05) is 39.7 Å². The number of aromatic nitrogens is 3. The molecular weight excluding hydrogens is 674 g/mol. The SMILES string of the molecule is CC(=O)N1CCN(CCCOc2ccc(C3c4[nH]c5ccc(Br)cc5c4Cc4c(O)n(-c5ccc(Cl)cc5)c(=S)n43)cc2)CC1. The summed E-state index contributed by atoms with van der Waals surface area (Å²) in [6, 6.07) is 21.5. The highest BCUT2D eigenvalue weighted by Crippen LogP contribution is 2.44. The summed E-state index contributed by atoms with van der Waals surface area (Å²) < 4.78 is 11.4. The van der Waals surface area contributed by atoms with E-state index in [1.807, 2.05) is 35.2 Å². The number of nitrogens with one attached hydrogen (secondary N) is 1. The second kappa shape index (κ2) is 12.3. The molecule has 3 aromatic carbocycles. The van der Waals surface area contributed by atoms with Crippen LogP contribution in [-0.2, 0) is 11.2 Å². The fraction of sp³-hybridized carbons (Fsp3) is 0.294. The topological polar surface area (TPSA) is 78.7 Å². The maximum atomic E-state index is 11.6. The normalized spacial score (nSPS) is 16.5. The van der Waals surface area contributed by atoms with Crippen LogP contribution in [0.1, 0.15) is 41.9 Å². The first-order chi connectivity index (χ1) is 21.8. The molecular formula is C34H33BrClN5O3S. The fourth-order valence-electron chi connectivity index (χ4n) is 6.59. The Kier molecular flexibility index (Phi) is 8.24. The fourth-order valence-corrected chi connectivity index (χ4v) is 7.49. The van der Waals surface area contributed by atoms with Crippen LogP contribution < -0.4 is 4.74 Å². The van der Waals surface area contributed by atoms with Crippen LogP contribution in [0.2, 0.25) is 5.02 Å². The molecule has 0 radical (unpaired) electrons. The van der Waals surface area contributed by atoms with Crippen molar-refractivity contribution >= 4 is 56.6 Å². The van der Waals surface area contributed by atoms with Gasteiger partial charge in [-0.05, 0) is 84.4 Å². The standard InChI is InChI=1S/C34H33BrClN5O3S/c1-21(42)39-16-14-38(15-17-39)13-2-18-44-26-10-3-22(4-11-26)32-31-28(27-19-23(35)5-12-29(27)37-31)20-30-33(43)40(34(45)41(30)32)25-8-6-24(36)7-9-25/h3-12,19,32,37,43H,2,13-18,20H2,1H3. The molecule has 1 atom stereocenters. The number of nitrogens with zero attached hydrogens (tertiary/aromatic N) is 4. The number of carbonyl (C=O) groups is 1. The highest BCUT2D eigenvalue weighted by molar-refractivity contribution is 9.10. The molecule has 2 aromatic heterocycles. The van der Waals surface area contributed by atoms with Crippen LogP contribution in [0.15, 0.2) is 71.2 Å². The summed E-state index contributed by atoms with van der Waals surface area (Å²) in [5.41, 5.74) is 5.78. The number of aromatic hydroxyl groups is 1. The number of fused-ring (bicyclic) bond motifs is 4. The van der Waals surface area contributed by atoms with Crippen molar-refractivity contribution < 1.29 is 14.6 Å². The van der Waals surface area contributed by atoms with E-state index < -0.39 is 0 Å². The summed E-state index contributed by atoms with van der Waals surface area (Å²) in [7, 11) is 0. The molecule has 232 valence electrons. The van der Waals surface area contributed by atoms with Crippen LogP contribution >= 0.6 is 39.7 Å². The number of benzene rings is 3. The molecule has 11 heteroatoms. The lowest BCUT2D eigenvalue weighted by Gasteiger charge is -2.34. The number of piperazine rings is 1. The molecule has 4 heterocycles. The Labute approximate surface area is 279 Å². The van der Waals surface area contributed by atoms with E-state index in [0.717, 1.165) is 88.5 Å². The first-order valence-electron chi connectivity index (χ1n) is 15.1. The predicted molar refractivity (Wildman–Crippen MR) is 183 cm³/mol. The van der Waals surface area contributed by atoms with Crippen LogP contribution in [0, 0.1) is 4.77 Å². The minimum absolute atomic E-state index is 0.130. The van der Waals surface area contributed by atoms with Gasteiger partial charge in [0.1, 0.15) is 11.8 Å². The van der Waals surface area contributed by atoms with Crippen molar-refractivity contribution in [3.8, 4) is 17.3 Å². The summed E-state index contributed by atoms with van der Waals surface area (Å²) >= 11 is 15.9. The van der Waals surface area contributed by atoms with E-state index in [0.29, 0.717) is 22.8 Å². The molecule has 0 bridgehead atoms. The van der Waals surface area contributed by atoms with E-state index >= 15 is 0 Å². The number of hydrogen-bond acceptors (Lipinski definition) is 5. The summed E-state index contributed by atoms with van der Waals surface area (Å²) in [4.78, 5) is 19.6. The van der Waals surface area contributed by atoms with Gasteiger partial charge in [-0.3, -0.25) is 14.3 Å². The summed E-state index contributed by atoms with van der Waals surface area (Å²) in [5, 5.41) is 13.3. The predicted octanol–water partition coefficient (Wildman–Crippen LogP) is 7.09. The number of aromatic amines is 1. The van der Waals surface area contributed by atoms with Crippen molar-refractivity contribution in [1.82, 2.24) is 23.9 Å². The van der Waals surface area contributed by atoms with Gasteiger partial charge in [0.15, 0.2) is 4.77 Å². The largest absolute Gasteiger partial charge is 0.494 e. The van der Waals surface area contributed by atoms with Gasteiger partial charge in [-0.2, -0.15) is 0 Å². The van der Waals surface area contributed by atoms with Crippen molar-refractivity contribution in [2.75, 3.05) is 39.3 Å². The van der Waals surface area contributed by atoms with E-state index in [9.17, 15) is 9.90 Å². The van der Waals surface area contributed by atoms with Crippen molar-refractivity contribution in [1.29, 1.82) is 0 Å². The number of halogens is 2. The number of hydrogen-bond donors (Lipinski definition) is 2. The highest BCUT2D eigenvalue weighted by Gasteiger charge is 2.34. The third kappa shape index (κ3) is 5.69. The molecule has 0 aliphatic carbocycles. The van der Waals surface area contributed by atoms with Crippen molar-refractivity contribution in [3.63, 3.8) is 0 Å². The average molecular weight is 707 g/mol. The lowest BCUT2D eigenvalue weighted by Crippen LogP contribution is -2.48. The van der Waals surface area contributed by atoms with Gasteiger partial charge in [-0.15, -0.1) is 0 Å². The molecule has 1 unspecified atom stereocenters. The molecule has 2 aliphatic rings. The third-order valence-corrected chi connectivity index (χ3v) is 10.0. The second-order valence-corrected chi connectivity index (χ2v) is 13.4. The van der Waals surface area contributed by atoms with Gasteiger partial charge in [-0.25, -0.2) is 0 Å². The Balaban J connectivity index is 1.16. The third-order valence-electron chi connectivity index (χ3n) is 8.92. The van der Waals surface area contributed by atoms with E-state index in [1.165, 1.54) is 0 Å². The van der Waals surface area contributed by atoms with Crippen LogP contribution in [0.5, 0.6) is 11.6 Å². The van der Waals surface area contributed by atoms with Gasteiger partial charge in [0.2, 0.25) is 11.8 Å². The zero-order valence-electron chi connectivity index (χ0n) is 24.8. The lowest BCUT2D eigenvalue weighted by molar-refractivity contribution is -0.130. The van der Waals surface area contributed by atoms with Crippen LogP contribution in [0.25, 0.3) is 16.6 Å². The van der Waals surface area contributed by atoms with E-state index in [-0.39, 0.29) is 17.8 Å². The van der Waals surface area contributed by atoms with Gasteiger partial charge in [0, 0.05) is 72.2 Å². The zero-order chi connectivity index (χ0) is 31.2. The summed E-state index contributed by atoms with van der Waals surface area (Å²) in [5.74, 6) is 1.09. The molecule has 7 rings (SSSR count). The van der Waals surface area contributed by atoms with Crippen LogP contribution in [-0.4, -0.2) is 74.3 Å².